The molecule has 0 bridgehead atoms. The van der Waals surface area contributed by atoms with Crippen LogP contribution in [0.1, 0.15) is 53.4 Å². The molecule has 0 unspecified atom stereocenters. The fourth-order valence-electron chi connectivity index (χ4n) is 2.79. The molecule has 0 atom stereocenters. The lowest BCUT2D eigenvalue weighted by Crippen LogP contribution is -2.55. The Morgan fingerprint density at radius 2 is 1.77 bits per heavy atom. The molecule has 0 aliphatic carbocycles. The summed E-state index contributed by atoms with van der Waals surface area (Å²) in [6.07, 6.45) is 2.39. The van der Waals surface area contributed by atoms with Crippen molar-refractivity contribution >= 4 is 17.8 Å². The van der Waals surface area contributed by atoms with Crippen molar-refractivity contribution in [2.45, 2.75) is 64.5 Å². The summed E-state index contributed by atoms with van der Waals surface area (Å²) in [5.41, 5.74) is 4.39. The van der Waals surface area contributed by atoms with Crippen LogP contribution in [0.2, 0.25) is 0 Å². The first kappa shape index (κ1) is 18.4. The number of carbonyl (C=O) groups is 3. The lowest BCUT2D eigenvalue weighted by Gasteiger charge is -2.32. The summed E-state index contributed by atoms with van der Waals surface area (Å²) in [7, 11) is 0. The lowest BCUT2D eigenvalue weighted by atomic mass is 9.92. The van der Waals surface area contributed by atoms with E-state index in [0.717, 1.165) is 4.90 Å². The molecular formula is C15H28N4O3. The van der Waals surface area contributed by atoms with Gasteiger partial charge in [-0.25, -0.2) is 4.79 Å². The smallest absolute Gasteiger partial charge is 0.325 e. The minimum absolute atomic E-state index is 0.270. The first-order chi connectivity index (χ1) is 10.3. The third kappa shape index (κ3) is 3.24. The number of nitrogens with zero attached hydrogens (tertiary/aromatic N) is 1. The molecular weight excluding hydrogens is 284 g/mol. The highest BCUT2D eigenvalue weighted by Crippen LogP contribution is 2.24. The highest BCUT2D eigenvalue weighted by Gasteiger charge is 2.49. The van der Waals surface area contributed by atoms with Gasteiger partial charge in [0, 0.05) is 6.54 Å². The molecule has 126 valence electrons. The Kier molecular flexibility index (Phi) is 5.93. The minimum Gasteiger partial charge on any atom is -0.348 e. The summed E-state index contributed by atoms with van der Waals surface area (Å²) in [6.45, 7) is 7.64. The highest BCUT2D eigenvalue weighted by molar-refractivity contribution is 6.09. The van der Waals surface area contributed by atoms with Gasteiger partial charge >= 0.3 is 6.03 Å². The molecule has 4 amide bonds. The van der Waals surface area contributed by atoms with Gasteiger partial charge in [-0.1, -0.05) is 27.7 Å². The quantitative estimate of drug-likeness (QED) is 0.575. The first-order valence-corrected chi connectivity index (χ1v) is 7.98. The molecule has 0 saturated carbocycles. The Morgan fingerprint density at radius 1 is 1.23 bits per heavy atom. The van der Waals surface area contributed by atoms with Crippen LogP contribution in [0.4, 0.5) is 4.79 Å². The summed E-state index contributed by atoms with van der Waals surface area (Å²) in [6, 6.07) is -0.504. The molecule has 4 N–H and O–H groups in total. The Hall–Kier alpha value is -1.63. The van der Waals surface area contributed by atoms with Crippen molar-refractivity contribution < 1.29 is 14.4 Å². The molecule has 0 spiro atoms. The second-order valence-electron chi connectivity index (χ2n) is 5.85. The molecule has 7 heteroatoms. The van der Waals surface area contributed by atoms with E-state index in [1.54, 1.807) is 0 Å². The number of nitrogens with one attached hydrogen (secondary N) is 2. The Morgan fingerprint density at radius 3 is 2.14 bits per heavy atom. The number of urea groups is 1. The Labute approximate surface area is 132 Å². The summed E-state index contributed by atoms with van der Waals surface area (Å²) in [4.78, 5) is 37.7. The van der Waals surface area contributed by atoms with E-state index in [1.807, 2.05) is 27.7 Å². The van der Waals surface area contributed by atoms with Gasteiger partial charge in [-0.15, -0.1) is 0 Å². The zero-order valence-corrected chi connectivity index (χ0v) is 14.0. The fourth-order valence-corrected chi connectivity index (χ4v) is 2.79. The van der Waals surface area contributed by atoms with Gasteiger partial charge in [-0.3, -0.25) is 14.5 Å². The third-order valence-electron chi connectivity index (χ3n) is 4.90. The van der Waals surface area contributed by atoms with Crippen LogP contribution in [0.3, 0.4) is 0 Å². The van der Waals surface area contributed by atoms with E-state index in [-0.39, 0.29) is 18.4 Å². The van der Waals surface area contributed by atoms with Crippen molar-refractivity contribution in [2.24, 2.45) is 5.73 Å². The van der Waals surface area contributed by atoms with Gasteiger partial charge < -0.3 is 16.4 Å². The van der Waals surface area contributed by atoms with Crippen LogP contribution in [-0.4, -0.2) is 46.9 Å². The van der Waals surface area contributed by atoms with Crippen LogP contribution < -0.4 is 16.4 Å². The molecule has 1 fully saturated rings. The molecule has 1 aliphatic heterocycles. The van der Waals surface area contributed by atoms with Crippen molar-refractivity contribution in [1.29, 1.82) is 0 Å². The number of carbonyl (C=O) groups excluding carboxylic acids is 3. The molecule has 0 aromatic heterocycles. The van der Waals surface area contributed by atoms with Crippen LogP contribution >= 0.6 is 0 Å². The standard InChI is InChI=1S/C15H28N4O3/c1-5-14(6-2,10-16)17-11(20)9-19-12(21)15(7-3,8-4)18-13(19)22/h5-10,16H2,1-4H3,(H,17,20)(H,18,22). The summed E-state index contributed by atoms with van der Waals surface area (Å²) in [5, 5.41) is 5.58. The fraction of sp³-hybridized carbons (Fsp3) is 0.800. The van der Waals surface area contributed by atoms with Crippen LogP contribution in [0, 0.1) is 0 Å². The van der Waals surface area contributed by atoms with Crippen LogP contribution in [0.15, 0.2) is 0 Å². The van der Waals surface area contributed by atoms with Crippen LogP contribution in [0.25, 0.3) is 0 Å². The van der Waals surface area contributed by atoms with Crippen LogP contribution in [-0.2, 0) is 9.59 Å². The van der Waals surface area contributed by atoms with Crippen LogP contribution in [0.5, 0.6) is 0 Å². The largest absolute Gasteiger partial charge is 0.348 e. The Balaban J connectivity index is 2.81. The molecule has 0 radical (unpaired) electrons. The highest BCUT2D eigenvalue weighted by atomic mass is 16.2. The average molecular weight is 312 g/mol. The van der Waals surface area contributed by atoms with E-state index in [1.165, 1.54) is 0 Å². The molecule has 7 nitrogen and oxygen atoms in total. The van der Waals surface area contributed by atoms with Gasteiger partial charge in [0.2, 0.25) is 5.91 Å². The SMILES string of the molecule is CCC(CC)(CN)NC(=O)CN1C(=O)NC(CC)(CC)C1=O. The predicted octanol–water partition coefficient (Wildman–Crippen LogP) is 0.731. The van der Waals surface area contributed by atoms with E-state index >= 15 is 0 Å². The Bertz CT molecular complexity index is 434. The normalized spacial score (nSPS) is 17.6. The maximum absolute atomic E-state index is 12.4. The van der Waals surface area contributed by atoms with Crippen molar-refractivity contribution in [3.63, 3.8) is 0 Å². The van der Waals surface area contributed by atoms with E-state index < -0.39 is 17.1 Å². The summed E-state index contributed by atoms with van der Waals surface area (Å²) < 4.78 is 0. The van der Waals surface area contributed by atoms with Gasteiger partial charge in [0.25, 0.3) is 5.91 Å². The molecule has 1 saturated heterocycles. The van der Waals surface area contributed by atoms with Crippen molar-refractivity contribution in [1.82, 2.24) is 15.5 Å². The molecule has 1 rings (SSSR count). The average Bonchev–Trinajstić information content (AvgIpc) is 2.77. The van der Waals surface area contributed by atoms with Crippen molar-refractivity contribution in [3.8, 4) is 0 Å². The number of hydrogen-bond donors (Lipinski definition) is 3. The monoisotopic (exact) mass is 312 g/mol. The van der Waals surface area contributed by atoms with Crippen molar-refractivity contribution in [2.75, 3.05) is 13.1 Å². The summed E-state index contributed by atoms with van der Waals surface area (Å²) >= 11 is 0. The maximum atomic E-state index is 12.4. The second-order valence-corrected chi connectivity index (χ2v) is 5.85. The second kappa shape index (κ2) is 7.09. The van der Waals surface area contributed by atoms with E-state index in [4.69, 9.17) is 5.73 Å². The van der Waals surface area contributed by atoms with E-state index in [2.05, 4.69) is 10.6 Å². The van der Waals surface area contributed by atoms with Gasteiger partial charge in [-0.2, -0.15) is 0 Å². The van der Waals surface area contributed by atoms with E-state index in [9.17, 15) is 14.4 Å². The zero-order chi connectivity index (χ0) is 17.0. The number of rotatable bonds is 8. The summed E-state index contributed by atoms with van der Waals surface area (Å²) in [5.74, 6) is -0.690. The first-order valence-electron chi connectivity index (χ1n) is 7.98. The van der Waals surface area contributed by atoms with Gasteiger partial charge in [-0.05, 0) is 25.7 Å². The third-order valence-corrected chi connectivity index (χ3v) is 4.90. The van der Waals surface area contributed by atoms with Crippen molar-refractivity contribution in [3.05, 3.63) is 0 Å². The van der Waals surface area contributed by atoms with Gasteiger partial charge in [0.1, 0.15) is 12.1 Å². The molecule has 1 heterocycles. The topological polar surface area (TPSA) is 105 Å². The maximum Gasteiger partial charge on any atom is 0.325 e. The van der Waals surface area contributed by atoms with Gasteiger partial charge in [0.15, 0.2) is 0 Å². The molecule has 0 aromatic rings. The zero-order valence-electron chi connectivity index (χ0n) is 14.0. The van der Waals surface area contributed by atoms with Gasteiger partial charge in [0.05, 0.1) is 5.54 Å². The number of amides is 4. The lowest BCUT2D eigenvalue weighted by molar-refractivity contribution is -0.135. The molecule has 22 heavy (non-hydrogen) atoms. The number of hydrogen-bond acceptors (Lipinski definition) is 4. The molecule has 0 aromatic carbocycles. The van der Waals surface area contributed by atoms with E-state index in [0.29, 0.717) is 32.2 Å². The number of imide groups is 1. The minimum atomic E-state index is -0.877. The predicted molar refractivity (Wildman–Crippen MR) is 84.1 cm³/mol. The number of nitrogens with two attached hydrogens (primary N) is 1. The molecule has 1 aliphatic rings.